The van der Waals surface area contributed by atoms with Crippen molar-refractivity contribution >= 4 is 46.4 Å². The molecule has 0 bridgehead atoms. The lowest BCUT2D eigenvalue weighted by Crippen LogP contribution is -2.60. The number of carboxylic acids is 1. The van der Waals surface area contributed by atoms with Crippen LogP contribution in [0.1, 0.15) is 60.3 Å². The Morgan fingerprint density at radius 2 is 1.91 bits per heavy atom. The molecule has 1 aliphatic heterocycles. The third-order valence-corrected chi connectivity index (χ3v) is 9.69. The van der Waals surface area contributed by atoms with Gasteiger partial charge in [-0.1, -0.05) is 12.2 Å². The summed E-state index contributed by atoms with van der Waals surface area (Å²) in [4.78, 5) is 56.8. The molecule has 13 heteroatoms. The molecule has 4 N–H and O–H groups in total. The second-order valence-corrected chi connectivity index (χ2v) is 15.3. The Balaban J connectivity index is 1.48. The summed E-state index contributed by atoms with van der Waals surface area (Å²) in [6, 6.07) is 5.35. The molecule has 12 nitrogen and oxygen atoms in total. The quantitative estimate of drug-likeness (QED) is 0.192. The molecular weight excluding hydrogens is 624 g/mol. The van der Waals surface area contributed by atoms with Crippen molar-refractivity contribution in [2.45, 2.75) is 88.8 Å². The molecule has 2 heterocycles. The number of methoxy groups -OCH3 is 1. The summed E-state index contributed by atoms with van der Waals surface area (Å²) in [5, 5.41) is 13.5. The number of alkyl carbamates (subject to hydrolysis) is 1. The molecule has 1 aliphatic carbocycles. The van der Waals surface area contributed by atoms with E-state index in [4.69, 9.17) is 25.1 Å². The van der Waals surface area contributed by atoms with Crippen LogP contribution in [0.2, 0.25) is 0 Å². The highest BCUT2D eigenvalue weighted by Gasteiger charge is 2.47. The van der Waals surface area contributed by atoms with E-state index < -0.39 is 52.4 Å². The van der Waals surface area contributed by atoms with Gasteiger partial charge in [0.25, 0.3) is 0 Å². The number of ether oxygens (including phenoxy) is 3. The number of amides is 3. The van der Waals surface area contributed by atoms with Gasteiger partial charge in [-0.3, -0.25) is 14.4 Å². The minimum Gasteiger partial charge on any atom is -0.497 e. The van der Waals surface area contributed by atoms with Crippen LogP contribution in [0.3, 0.4) is 0 Å². The normalized spacial score (nSPS) is 21.8. The Hall–Kier alpha value is -4.00. The SMILES string of the molecule is COc1ccc2c(O[C@@H]3C[C@@H](C(N)=O)N(C(=O)[C@@H](NC(=O)OC(C)(C)C)C(C)(C)SCCC/C=C\[C@@H]4C[C@@H]4C(=O)O)C3)nccc2c1. The number of benzene rings is 1. The largest absolute Gasteiger partial charge is 0.497 e. The minimum atomic E-state index is -1.05. The molecule has 2 aromatic rings. The second-order valence-electron chi connectivity index (χ2n) is 13.5. The molecule has 1 aromatic heterocycles. The standard InChI is InChI=1S/C34H46N4O8S/c1-33(2,3)46-32(43)37-27(34(4,5)47-15-9-7-8-10-20-17-25(20)31(41)42)30(40)38-19-23(18-26(38)28(35)39)45-29-24-12-11-22(44-6)16-21(24)13-14-36-29/h8,10-14,16,20,23,25-27H,7,9,15,17-19H2,1-6H3,(H2,35,39)(H,37,43)(H,41,42)/b10-8-/t20-,23-,25+,26+,27-/m1/s1. The number of carbonyl (C=O) groups excluding carboxylic acids is 3. The lowest BCUT2D eigenvalue weighted by atomic mass is 10.0. The Morgan fingerprint density at radius 3 is 2.55 bits per heavy atom. The first-order valence-electron chi connectivity index (χ1n) is 15.8. The van der Waals surface area contributed by atoms with Gasteiger partial charge in [0.05, 0.1) is 19.6 Å². The van der Waals surface area contributed by atoms with Crippen molar-refractivity contribution in [2.75, 3.05) is 19.4 Å². The maximum atomic E-state index is 14.3. The molecule has 2 aliphatic rings. The van der Waals surface area contributed by atoms with Crippen molar-refractivity contribution in [3.63, 3.8) is 0 Å². The molecule has 5 atom stereocenters. The number of aliphatic carboxylic acids is 1. The number of primary amides is 1. The van der Waals surface area contributed by atoms with Gasteiger partial charge >= 0.3 is 12.1 Å². The topological polar surface area (TPSA) is 170 Å². The average Bonchev–Trinajstić information content (AvgIpc) is 3.65. The first kappa shape index (κ1) is 35.8. The number of rotatable bonds is 14. The number of aromatic nitrogens is 1. The molecule has 0 spiro atoms. The summed E-state index contributed by atoms with van der Waals surface area (Å²) in [6.45, 7) is 9.01. The van der Waals surface area contributed by atoms with Crippen LogP contribution in [0.25, 0.3) is 10.8 Å². The minimum absolute atomic E-state index is 0.0667. The van der Waals surface area contributed by atoms with Crippen molar-refractivity contribution in [2.24, 2.45) is 17.6 Å². The van der Waals surface area contributed by atoms with Gasteiger partial charge in [-0.2, -0.15) is 11.8 Å². The van der Waals surface area contributed by atoms with E-state index in [1.807, 2.05) is 44.2 Å². The van der Waals surface area contributed by atoms with Crippen molar-refractivity contribution < 1.29 is 38.5 Å². The monoisotopic (exact) mass is 670 g/mol. The number of pyridine rings is 1. The molecule has 2 fully saturated rings. The van der Waals surface area contributed by atoms with Crippen LogP contribution in [-0.2, 0) is 19.1 Å². The first-order chi connectivity index (χ1) is 22.1. The van der Waals surface area contributed by atoms with E-state index in [9.17, 15) is 19.2 Å². The van der Waals surface area contributed by atoms with Gasteiger partial charge in [-0.25, -0.2) is 9.78 Å². The van der Waals surface area contributed by atoms with Gasteiger partial charge in [0.15, 0.2) is 0 Å². The van der Waals surface area contributed by atoms with Gasteiger partial charge in [0.2, 0.25) is 17.7 Å². The van der Waals surface area contributed by atoms with Crippen LogP contribution in [0, 0.1) is 11.8 Å². The molecule has 1 saturated carbocycles. The molecule has 3 amide bonds. The fraction of sp³-hybridized carbons (Fsp3) is 0.559. The van der Waals surface area contributed by atoms with Crippen LogP contribution in [0.4, 0.5) is 4.79 Å². The predicted octanol–water partition coefficient (Wildman–Crippen LogP) is 4.54. The summed E-state index contributed by atoms with van der Waals surface area (Å²) in [5.41, 5.74) is 5.01. The molecule has 0 unspecified atom stereocenters. The highest BCUT2D eigenvalue weighted by molar-refractivity contribution is 8.00. The van der Waals surface area contributed by atoms with E-state index in [1.165, 1.54) is 16.7 Å². The molecule has 47 heavy (non-hydrogen) atoms. The molecular formula is C34H46N4O8S. The summed E-state index contributed by atoms with van der Waals surface area (Å²) in [7, 11) is 1.59. The number of likely N-dealkylation sites (tertiary alicyclic amines) is 1. The molecule has 1 saturated heterocycles. The number of hydrogen-bond acceptors (Lipinski definition) is 9. The zero-order valence-electron chi connectivity index (χ0n) is 27.9. The zero-order chi connectivity index (χ0) is 34.5. The molecule has 256 valence electrons. The van der Waals surface area contributed by atoms with E-state index in [-0.39, 0.29) is 24.8 Å². The number of carboxylic acid groups (broad SMARTS) is 1. The highest BCUT2D eigenvalue weighted by atomic mass is 32.2. The van der Waals surface area contributed by atoms with E-state index >= 15 is 0 Å². The predicted molar refractivity (Wildman–Crippen MR) is 179 cm³/mol. The lowest BCUT2D eigenvalue weighted by Gasteiger charge is -2.37. The summed E-state index contributed by atoms with van der Waals surface area (Å²) in [6.07, 6.45) is 6.65. The number of unbranched alkanes of at least 4 members (excludes halogenated alkanes) is 1. The summed E-state index contributed by atoms with van der Waals surface area (Å²) >= 11 is 1.52. The fourth-order valence-electron chi connectivity index (χ4n) is 5.63. The fourth-order valence-corrected chi connectivity index (χ4v) is 6.79. The number of nitrogens with two attached hydrogens (primary N) is 1. The Kier molecular flexibility index (Phi) is 11.3. The van der Waals surface area contributed by atoms with Crippen LogP contribution in [0.5, 0.6) is 11.6 Å². The van der Waals surface area contributed by atoms with Crippen LogP contribution >= 0.6 is 11.8 Å². The third kappa shape index (κ3) is 9.52. The maximum absolute atomic E-state index is 14.3. The number of allylic oxidation sites excluding steroid dienone is 2. The van der Waals surface area contributed by atoms with Gasteiger partial charge in [0.1, 0.15) is 29.5 Å². The van der Waals surface area contributed by atoms with E-state index in [1.54, 1.807) is 40.1 Å². The van der Waals surface area contributed by atoms with Gasteiger partial charge in [-0.05, 0) is 95.2 Å². The van der Waals surface area contributed by atoms with Gasteiger partial charge in [-0.15, -0.1) is 0 Å². The Labute approximate surface area is 279 Å². The third-order valence-electron chi connectivity index (χ3n) is 8.22. The summed E-state index contributed by atoms with van der Waals surface area (Å²) < 4.78 is 16.3. The average molecular weight is 671 g/mol. The van der Waals surface area contributed by atoms with Crippen molar-refractivity contribution in [3.05, 3.63) is 42.6 Å². The maximum Gasteiger partial charge on any atom is 0.408 e. The van der Waals surface area contributed by atoms with Gasteiger partial charge < -0.3 is 35.3 Å². The van der Waals surface area contributed by atoms with Crippen LogP contribution in [0.15, 0.2) is 42.6 Å². The highest BCUT2D eigenvalue weighted by Crippen LogP contribution is 2.40. The molecule has 4 rings (SSSR count). The first-order valence-corrected chi connectivity index (χ1v) is 16.8. The lowest BCUT2D eigenvalue weighted by molar-refractivity contribution is -0.139. The Morgan fingerprint density at radius 1 is 1.17 bits per heavy atom. The van der Waals surface area contributed by atoms with Crippen molar-refractivity contribution in [1.82, 2.24) is 15.2 Å². The van der Waals surface area contributed by atoms with Crippen molar-refractivity contribution in [1.29, 1.82) is 0 Å². The molecule has 1 aromatic carbocycles. The van der Waals surface area contributed by atoms with E-state index in [0.717, 1.165) is 23.6 Å². The second kappa shape index (κ2) is 14.8. The van der Waals surface area contributed by atoms with Crippen molar-refractivity contribution in [3.8, 4) is 11.6 Å². The van der Waals surface area contributed by atoms with Crippen LogP contribution in [-0.4, -0.2) is 86.8 Å². The molecule has 0 radical (unpaired) electrons. The number of carbonyl (C=O) groups is 4. The number of hydrogen-bond donors (Lipinski definition) is 3. The van der Waals surface area contributed by atoms with Gasteiger partial charge in [0, 0.05) is 22.8 Å². The van der Waals surface area contributed by atoms with Crippen LogP contribution < -0.4 is 20.5 Å². The zero-order valence-corrected chi connectivity index (χ0v) is 28.7. The Bertz CT molecular complexity index is 1510. The summed E-state index contributed by atoms with van der Waals surface area (Å²) in [5.74, 6) is -0.352. The number of thioether (sulfide) groups is 1. The number of nitrogens with zero attached hydrogens (tertiary/aromatic N) is 2. The number of fused-ring (bicyclic) bond motifs is 1. The van der Waals surface area contributed by atoms with E-state index in [0.29, 0.717) is 23.8 Å². The number of nitrogens with one attached hydrogen (secondary N) is 1. The van der Waals surface area contributed by atoms with E-state index in [2.05, 4.69) is 10.3 Å². The smallest absolute Gasteiger partial charge is 0.408 e.